The van der Waals surface area contributed by atoms with Gasteiger partial charge in [0.2, 0.25) is 0 Å². The average molecular weight is 236 g/mol. The summed E-state index contributed by atoms with van der Waals surface area (Å²) in [7, 11) is -3.25. The Morgan fingerprint density at radius 1 is 1.43 bits per heavy atom. The molecule has 0 aliphatic heterocycles. The molecule has 1 aromatic carbocycles. The Morgan fingerprint density at radius 2 is 2.07 bits per heavy atom. The molecule has 0 aromatic heterocycles. The van der Waals surface area contributed by atoms with Gasteiger partial charge in [-0.15, -0.1) is 0 Å². The molecule has 0 saturated heterocycles. The minimum absolute atomic E-state index is 0.128. The smallest absolute Gasteiger partial charge is 0.175 e. The second-order valence-corrected chi connectivity index (χ2v) is 5.33. The van der Waals surface area contributed by atoms with Crippen molar-refractivity contribution < 1.29 is 13.3 Å². The van der Waals surface area contributed by atoms with E-state index in [9.17, 15) is 8.42 Å². The molecule has 0 atom stereocenters. The second-order valence-electron chi connectivity index (χ2n) is 2.88. The topological polar surface area (TPSA) is 69.4 Å². The van der Waals surface area contributed by atoms with Gasteiger partial charge in [-0.05, 0) is 23.8 Å². The highest BCUT2D eigenvalue weighted by Crippen LogP contribution is 2.19. The van der Waals surface area contributed by atoms with Crippen molar-refractivity contribution in [2.45, 2.75) is 11.5 Å². The summed E-state index contributed by atoms with van der Waals surface area (Å²) in [4.78, 5) is 4.56. The number of sulfone groups is 1. The minimum Gasteiger partial charge on any atom is -0.300 e. The summed E-state index contributed by atoms with van der Waals surface area (Å²) in [5, 5.41) is 0.347. The van der Waals surface area contributed by atoms with Gasteiger partial charge in [0.05, 0.1) is 11.5 Å². The van der Waals surface area contributed by atoms with E-state index in [1.165, 1.54) is 12.1 Å². The van der Waals surface area contributed by atoms with Crippen LogP contribution in [0.5, 0.6) is 0 Å². The van der Waals surface area contributed by atoms with Crippen LogP contribution in [0.3, 0.4) is 0 Å². The Bertz CT molecular complexity index is 430. The third-order valence-corrected chi connectivity index (χ3v) is 2.92. The van der Waals surface area contributed by atoms with Gasteiger partial charge in [0.15, 0.2) is 9.84 Å². The van der Waals surface area contributed by atoms with E-state index in [1.54, 1.807) is 6.07 Å². The number of halogens is 1. The van der Waals surface area contributed by atoms with Crippen molar-refractivity contribution in [3.05, 3.63) is 28.8 Å². The lowest BCUT2D eigenvalue weighted by Gasteiger charge is -2.03. The fourth-order valence-corrected chi connectivity index (χ4v) is 2.04. The van der Waals surface area contributed by atoms with Gasteiger partial charge >= 0.3 is 0 Å². The summed E-state index contributed by atoms with van der Waals surface area (Å²) in [6.07, 6.45) is 1.12. The van der Waals surface area contributed by atoms with Crippen molar-refractivity contribution in [1.82, 2.24) is 0 Å². The molecule has 6 heteroatoms. The zero-order valence-corrected chi connectivity index (χ0v) is 9.10. The zero-order chi connectivity index (χ0) is 10.8. The highest BCUT2D eigenvalue weighted by Gasteiger charge is 2.09. The highest BCUT2D eigenvalue weighted by atomic mass is 35.5. The quantitative estimate of drug-likeness (QED) is 0.798. The lowest BCUT2D eigenvalue weighted by Crippen LogP contribution is -2.02. The summed E-state index contributed by atoms with van der Waals surface area (Å²) >= 11 is 5.73. The average Bonchev–Trinajstić information content (AvgIpc) is 2.02. The number of rotatable bonds is 3. The number of nitrogens with two attached hydrogens (primary N) is 1. The largest absolute Gasteiger partial charge is 0.300 e. The molecule has 1 rings (SSSR count). The first-order valence-corrected chi connectivity index (χ1v) is 6.01. The Morgan fingerprint density at radius 3 is 2.57 bits per heavy atom. The normalized spacial score (nSPS) is 11.6. The van der Waals surface area contributed by atoms with Crippen LogP contribution in [-0.2, 0) is 21.3 Å². The van der Waals surface area contributed by atoms with E-state index in [4.69, 9.17) is 17.5 Å². The van der Waals surface area contributed by atoms with E-state index in [-0.39, 0.29) is 11.5 Å². The fraction of sp³-hybridized carbons (Fsp3) is 0.250. The molecule has 0 fully saturated rings. The highest BCUT2D eigenvalue weighted by molar-refractivity contribution is 7.90. The van der Waals surface area contributed by atoms with Crippen molar-refractivity contribution in [3.8, 4) is 0 Å². The maximum absolute atomic E-state index is 11.2. The molecule has 4 nitrogen and oxygen atoms in total. The van der Waals surface area contributed by atoms with Gasteiger partial charge < -0.3 is 0 Å². The van der Waals surface area contributed by atoms with E-state index in [0.717, 1.165) is 6.26 Å². The lowest BCUT2D eigenvalue weighted by molar-refractivity contribution is 0.124. The van der Waals surface area contributed by atoms with Crippen LogP contribution < -0.4 is 5.90 Å². The third kappa shape index (κ3) is 2.95. The van der Waals surface area contributed by atoms with Crippen LogP contribution >= 0.6 is 11.6 Å². The molecule has 2 N–H and O–H groups in total. The summed E-state index contributed by atoms with van der Waals surface area (Å²) in [5.74, 6) is 4.88. The van der Waals surface area contributed by atoms with E-state index >= 15 is 0 Å². The second kappa shape index (κ2) is 4.27. The van der Waals surface area contributed by atoms with Crippen LogP contribution in [0, 0.1) is 0 Å². The van der Waals surface area contributed by atoms with Gasteiger partial charge in [0, 0.05) is 11.3 Å². The van der Waals surface area contributed by atoms with E-state index in [1.807, 2.05) is 0 Å². The van der Waals surface area contributed by atoms with Gasteiger partial charge in [-0.1, -0.05) is 11.6 Å². The van der Waals surface area contributed by atoms with E-state index in [2.05, 4.69) is 4.84 Å². The van der Waals surface area contributed by atoms with Crippen LogP contribution in [0.2, 0.25) is 5.02 Å². The Balaban J connectivity index is 3.21. The Hall–Kier alpha value is -0.620. The fourth-order valence-electron chi connectivity index (χ4n) is 1.01. The van der Waals surface area contributed by atoms with Crippen molar-refractivity contribution in [1.29, 1.82) is 0 Å². The molecule has 0 aliphatic rings. The Kier molecular flexibility index (Phi) is 3.49. The Labute approximate surface area is 87.5 Å². The molecular formula is C8H10ClNO3S. The maximum Gasteiger partial charge on any atom is 0.175 e. The SMILES string of the molecule is CS(=O)(=O)c1cc(Cl)cc(CON)c1. The predicted octanol–water partition coefficient (Wildman–Crippen LogP) is 1.13. The van der Waals surface area contributed by atoms with Crippen molar-refractivity contribution >= 4 is 21.4 Å². The van der Waals surface area contributed by atoms with Crippen LogP contribution in [0.1, 0.15) is 5.56 Å². The molecule has 0 spiro atoms. The van der Waals surface area contributed by atoms with Crippen LogP contribution in [0.25, 0.3) is 0 Å². The van der Waals surface area contributed by atoms with Crippen LogP contribution in [0.15, 0.2) is 23.1 Å². The molecule has 78 valence electrons. The number of hydrogen-bond donors (Lipinski definition) is 1. The molecule has 0 amide bonds. The molecule has 0 radical (unpaired) electrons. The summed E-state index contributed by atoms with van der Waals surface area (Å²) < 4.78 is 22.4. The standard InChI is InChI=1S/C8H10ClNO3S/c1-14(11,12)8-3-6(5-13-10)2-7(9)4-8/h2-4H,5,10H2,1H3. The van der Waals surface area contributed by atoms with E-state index < -0.39 is 9.84 Å². The molecule has 14 heavy (non-hydrogen) atoms. The number of hydrogen-bond acceptors (Lipinski definition) is 4. The van der Waals surface area contributed by atoms with Crippen molar-refractivity contribution in [3.63, 3.8) is 0 Å². The third-order valence-electron chi connectivity index (χ3n) is 1.61. The molecule has 0 bridgehead atoms. The predicted molar refractivity (Wildman–Crippen MR) is 53.5 cm³/mol. The van der Waals surface area contributed by atoms with Crippen molar-refractivity contribution in [2.24, 2.45) is 5.90 Å². The zero-order valence-electron chi connectivity index (χ0n) is 7.53. The first-order chi connectivity index (χ1) is 6.43. The first-order valence-electron chi connectivity index (χ1n) is 3.74. The summed E-state index contributed by atoms with van der Waals surface area (Å²) in [5.41, 5.74) is 0.625. The lowest BCUT2D eigenvalue weighted by atomic mass is 10.2. The van der Waals surface area contributed by atoms with Crippen molar-refractivity contribution in [2.75, 3.05) is 6.26 Å². The van der Waals surface area contributed by atoms with Gasteiger partial charge in [-0.25, -0.2) is 14.3 Å². The maximum atomic E-state index is 11.2. The molecule has 0 saturated carbocycles. The molecular weight excluding hydrogens is 226 g/mol. The number of benzene rings is 1. The first kappa shape index (κ1) is 11.5. The summed E-state index contributed by atoms with van der Waals surface area (Å²) in [6.45, 7) is 0.128. The molecule has 0 aliphatic carbocycles. The molecule has 1 aromatic rings. The van der Waals surface area contributed by atoms with Gasteiger partial charge in [-0.2, -0.15) is 0 Å². The summed E-state index contributed by atoms with van der Waals surface area (Å²) in [6, 6.07) is 4.47. The van der Waals surface area contributed by atoms with Gasteiger partial charge in [-0.3, -0.25) is 4.84 Å². The molecule has 0 unspecified atom stereocenters. The van der Waals surface area contributed by atoms with Crippen LogP contribution in [-0.4, -0.2) is 14.7 Å². The van der Waals surface area contributed by atoms with E-state index in [0.29, 0.717) is 10.6 Å². The minimum atomic E-state index is -3.25. The molecule has 0 heterocycles. The van der Waals surface area contributed by atoms with Gasteiger partial charge in [0.1, 0.15) is 0 Å². The van der Waals surface area contributed by atoms with Gasteiger partial charge in [0.25, 0.3) is 0 Å². The van der Waals surface area contributed by atoms with Crippen LogP contribution in [0.4, 0.5) is 0 Å². The monoisotopic (exact) mass is 235 g/mol.